The number of nitrogens with one attached hydrogen (secondary N) is 1. The maximum atomic E-state index is 3.93. The Balaban J connectivity index is 1.58. The minimum Gasteiger partial charge on any atom is -0.308 e. The van der Waals surface area contributed by atoms with Gasteiger partial charge in [0.05, 0.1) is 0 Å². The first kappa shape index (κ1) is 7.37. The second kappa shape index (κ2) is 2.47. The predicted octanol–water partition coefficient (Wildman–Crippen LogP) is 2.46. The SMILES string of the molecule is C1CCC(NC2(C3CC3)CC2)C1. The summed E-state index contributed by atoms with van der Waals surface area (Å²) in [5.74, 6) is 1.08. The van der Waals surface area contributed by atoms with Crippen LogP contribution in [0.15, 0.2) is 0 Å². The highest BCUT2D eigenvalue weighted by molar-refractivity contribution is 5.12. The molecule has 0 heterocycles. The molecule has 0 radical (unpaired) electrons. The largest absolute Gasteiger partial charge is 0.308 e. The van der Waals surface area contributed by atoms with Crippen LogP contribution in [0.2, 0.25) is 0 Å². The van der Waals surface area contributed by atoms with Crippen molar-refractivity contribution >= 4 is 0 Å². The molecule has 0 saturated heterocycles. The molecule has 3 aliphatic carbocycles. The van der Waals surface area contributed by atoms with Gasteiger partial charge in [0.2, 0.25) is 0 Å². The van der Waals surface area contributed by atoms with E-state index >= 15 is 0 Å². The standard InChI is InChI=1S/C11H19N/c1-2-4-10(3-1)12-11(7-8-11)9-5-6-9/h9-10,12H,1-8H2. The molecule has 0 bridgehead atoms. The molecule has 0 spiro atoms. The van der Waals surface area contributed by atoms with Gasteiger partial charge in [0.15, 0.2) is 0 Å². The Kier molecular flexibility index (Phi) is 1.52. The quantitative estimate of drug-likeness (QED) is 0.677. The third-order valence-corrected chi connectivity index (χ3v) is 3.99. The molecule has 3 aliphatic rings. The summed E-state index contributed by atoms with van der Waals surface area (Å²) in [5.41, 5.74) is 0.676. The van der Waals surface area contributed by atoms with Gasteiger partial charge in [0.25, 0.3) is 0 Å². The van der Waals surface area contributed by atoms with E-state index in [0.717, 1.165) is 12.0 Å². The van der Waals surface area contributed by atoms with Gasteiger partial charge in [-0.1, -0.05) is 12.8 Å². The Bertz CT molecular complexity index is 173. The normalized spacial score (nSPS) is 34.0. The Hall–Kier alpha value is -0.0400. The molecule has 3 saturated carbocycles. The van der Waals surface area contributed by atoms with Crippen LogP contribution < -0.4 is 5.32 Å². The molecule has 0 aromatic heterocycles. The summed E-state index contributed by atoms with van der Waals surface area (Å²) in [7, 11) is 0. The minimum atomic E-state index is 0.676. The lowest BCUT2D eigenvalue weighted by Crippen LogP contribution is -2.40. The monoisotopic (exact) mass is 165 g/mol. The zero-order valence-electron chi connectivity index (χ0n) is 7.81. The highest BCUT2D eigenvalue weighted by atomic mass is 15.1. The average Bonchev–Trinajstić information content (AvgIpc) is 2.92. The maximum absolute atomic E-state index is 3.93. The number of rotatable bonds is 3. The summed E-state index contributed by atoms with van der Waals surface area (Å²) < 4.78 is 0. The van der Waals surface area contributed by atoms with E-state index in [1.165, 1.54) is 51.4 Å². The van der Waals surface area contributed by atoms with Gasteiger partial charge in [-0.25, -0.2) is 0 Å². The highest BCUT2D eigenvalue weighted by Crippen LogP contribution is 2.54. The lowest BCUT2D eigenvalue weighted by atomic mass is 10.1. The molecule has 0 aliphatic heterocycles. The molecule has 68 valence electrons. The fourth-order valence-electron chi connectivity index (χ4n) is 2.92. The molecule has 0 unspecified atom stereocenters. The van der Waals surface area contributed by atoms with E-state index < -0.39 is 0 Å². The zero-order chi connectivity index (χ0) is 8.02. The van der Waals surface area contributed by atoms with Gasteiger partial charge >= 0.3 is 0 Å². The van der Waals surface area contributed by atoms with Crippen molar-refractivity contribution in [2.45, 2.75) is 62.9 Å². The molecule has 0 aromatic carbocycles. The Morgan fingerprint density at radius 1 is 0.917 bits per heavy atom. The second-order valence-corrected chi connectivity index (χ2v) is 5.06. The number of hydrogen-bond donors (Lipinski definition) is 1. The molecule has 0 atom stereocenters. The van der Waals surface area contributed by atoms with Gasteiger partial charge in [-0.05, 0) is 44.4 Å². The molecular weight excluding hydrogens is 146 g/mol. The lowest BCUT2D eigenvalue weighted by molar-refractivity contribution is 0.379. The first-order valence-corrected chi connectivity index (χ1v) is 5.67. The van der Waals surface area contributed by atoms with Crippen molar-refractivity contribution in [2.75, 3.05) is 0 Å². The Morgan fingerprint density at radius 3 is 2.08 bits per heavy atom. The molecule has 0 amide bonds. The van der Waals surface area contributed by atoms with Crippen molar-refractivity contribution in [3.8, 4) is 0 Å². The summed E-state index contributed by atoms with van der Waals surface area (Å²) in [5, 5.41) is 3.93. The topological polar surface area (TPSA) is 12.0 Å². The van der Waals surface area contributed by atoms with Crippen molar-refractivity contribution in [1.29, 1.82) is 0 Å². The zero-order valence-corrected chi connectivity index (χ0v) is 7.81. The van der Waals surface area contributed by atoms with Crippen molar-refractivity contribution in [1.82, 2.24) is 5.32 Å². The van der Waals surface area contributed by atoms with Gasteiger partial charge in [-0.3, -0.25) is 0 Å². The van der Waals surface area contributed by atoms with E-state index in [2.05, 4.69) is 5.32 Å². The van der Waals surface area contributed by atoms with Crippen molar-refractivity contribution in [3.63, 3.8) is 0 Å². The summed E-state index contributed by atoms with van der Waals surface area (Å²) in [6.07, 6.45) is 11.8. The highest BCUT2D eigenvalue weighted by Gasteiger charge is 2.54. The molecule has 0 aromatic rings. The van der Waals surface area contributed by atoms with E-state index in [1.54, 1.807) is 0 Å². The van der Waals surface area contributed by atoms with E-state index in [0.29, 0.717) is 5.54 Å². The van der Waals surface area contributed by atoms with Crippen LogP contribution in [-0.2, 0) is 0 Å². The molecule has 12 heavy (non-hydrogen) atoms. The van der Waals surface area contributed by atoms with Gasteiger partial charge in [-0.2, -0.15) is 0 Å². The fraction of sp³-hybridized carbons (Fsp3) is 1.00. The van der Waals surface area contributed by atoms with Gasteiger partial charge in [-0.15, -0.1) is 0 Å². The fourth-order valence-corrected chi connectivity index (χ4v) is 2.92. The van der Waals surface area contributed by atoms with Crippen LogP contribution >= 0.6 is 0 Å². The first-order chi connectivity index (χ1) is 5.89. The van der Waals surface area contributed by atoms with Crippen LogP contribution in [0.3, 0.4) is 0 Å². The lowest BCUT2D eigenvalue weighted by Gasteiger charge is -2.21. The number of hydrogen-bond acceptors (Lipinski definition) is 1. The van der Waals surface area contributed by atoms with E-state index in [1.807, 2.05) is 0 Å². The summed E-state index contributed by atoms with van der Waals surface area (Å²) >= 11 is 0. The average molecular weight is 165 g/mol. The molecule has 3 fully saturated rings. The van der Waals surface area contributed by atoms with Crippen LogP contribution in [0.25, 0.3) is 0 Å². The Morgan fingerprint density at radius 2 is 1.58 bits per heavy atom. The van der Waals surface area contributed by atoms with E-state index in [9.17, 15) is 0 Å². The van der Waals surface area contributed by atoms with Gasteiger partial charge in [0, 0.05) is 11.6 Å². The third-order valence-electron chi connectivity index (χ3n) is 3.99. The van der Waals surface area contributed by atoms with Crippen LogP contribution in [0.5, 0.6) is 0 Å². The van der Waals surface area contributed by atoms with E-state index in [-0.39, 0.29) is 0 Å². The maximum Gasteiger partial charge on any atom is 0.0213 e. The molecule has 1 nitrogen and oxygen atoms in total. The summed E-state index contributed by atoms with van der Waals surface area (Å²) in [4.78, 5) is 0. The first-order valence-electron chi connectivity index (χ1n) is 5.67. The summed E-state index contributed by atoms with van der Waals surface area (Å²) in [6.45, 7) is 0. The van der Waals surface area contributed by atoms with Crippen molar-refractivity contribution in [2.24, 2.45) is 5.92 Å². The molecular formula is C11H19N. The van der Waals surface area contributed by atoms with Gasteiger partial charge < -0.3 is 5.32 Å². The van der Waals surface area contributed by atoms with Crippen LogP contribution in [-0.4, -0.2) is 11.6 Å². The second-order valence-electron chi connectivity index (χ2n) is 5.06. The van der Waals surface area contributed by atoms with Crippen molar-refractivity contribution < 1.29 is 0 Å². The summed E-state index contributed by atoms with van der Waals surface area (Å²) in [6, 6.07) is 0.896. The molecule has 1 N–H and O–H groups in total. The van der Waals surface area contributed by atoms with E-state index in [4.69, 9.17) is 0 Å². The molecule has 3 rings (SSSR count). The third kappa shape index (κ3) is 1.19. The minimum absolute atomic E-state index is 0.676. The van der Waals surface area contributed by atoms with Gasteiger partial charge in [0.1, 0.15) is 0 Å². The van der Waals surface area contributed by atoms with Crippen molar-refractivity contribution in [3.05, 3.63) is 0 Å². The smallest absolute Gasteiger partial charge is 0.0213 e. The Labute approximate surface area is 74.9 Å². The van der Waals surface area contributed by atoms with Crippen LogP contribution in [0.1, 0.15) is 51.4 Å². The van der Waals surface area contributed by atoms with Crippen LogP contribution in [0, 0.1) is 5.92 Å². The predicted molar refractivity (Wildman–Crippen MR) is 50.1 cm³/mol. The van der Waals surface area contributed by atoms with Crippen LogP contribution in [0.4, 0.5) is 0 Å². The molecule has 1 heteroatoms.